The third-order valence-corrected chi connectivity index (χ3v) is 2.55. The van der Waals surface area contributed by atoms with Crippen LogP contribution in [0.4, 0.5) is 8.78 Å². The van der Waals surface area contributed by atoms with Crippen molar-refractivity contribution in [1.82, 2.24) is 0 Å². The first-order valence-electron chi connectivity index (χ1n) is 3.58. The van der Waals surface area contributed by atoms with E-state index in [9.17, 15) is 8.78 Å². The number of hydrogen-bond donors (Lipinski definition) is 0. The van der Waals surface area contributed by atoms with E-state index in [-0.39, 0.29) is 12.3 Å². The van der Waals surface area contributed by atoms with E-state index in [1.165, 1.54) is 0 Å². The molecule has 0 bridgehead atoms. The minimum absolute atomic E-state index is 0.147. The molecule has 2 atom stereocenters. The van der Waals surface area contributed by atoms with E-state index in [1.807, 2.05) is 0 Å². The number of hydrogen-bond acceptors (Lipinski definition) is 0. The van der Waals surface area contributed by atoms with Crippen molar-refractivity contribution in [2.45, 2.75) is 31.6 Å². The average molecular weight is 132 g/mol. The van der Waals surface area contributed by atoms with Gasteiger partial charge in [0, 0.05) is 12.3 Å². The van der Waals surface area contributed by atoms with Crippen LogP contribution in [-0.2, 0) is 0 Å². The summed E-state index contributed by atoms with van der Waals surface area (Å²) in [7, 11) is 0. The molecule has 2 fully saturated rings. The van der Waals surface area contributed by atoms with Gasteiger partial charge in [0.15, 0.2) is 0 Å². The molecule has 0 radical (unpaired) electrons. The van der Waals surface area contributed by atoms with Crippen molar-refractivity contribution in [1.29, 1.82) is 0 Å². The molecule has 0 aromatic heterocycles. The summed E-state index contributed by atoms with van der Waals surface area (Å²) in [5.74, 6) is -2.11. The molecule has 0 spiro atoms. The van der Waals surface area contributed by atoms with Crippen molar-refractivity contribution in [2.24, 2.45) is 11.8 Å². The lowest BCUT2D eigenvalue weighted by molar-refractivity contribution is -0.0491. The molecule has 2 rings (SSSR count). The van der Waals surface area contributed by atoms with Crippen molar-refractivity contribution in [2.75, 3.05) is 0 Å². The van der Waals surface area contributed by atoms with Gasteiger partial charge in [-0.2, -0.15) is 0 Å². The lowest BCUT2D eigenvalue weighted by Crippen LogP contribution is -2.23. The van der Waals surface area contributed by atoms with Gasteiger partial charge in [-0.1, -0.05) is 0 Å². The Balaban J connectivity index is 2.09. The van der Waals surface area contributed by atoms with Gasteiger partial charge in [0.1, 0.15) is 0 Å². The zero-order valence-electron chi connectivity index (χ0n) is 5.24. The molecule has 2 unspecified atom stereocenters. The van der Waals surface area contributed by atoms with E-state index in [1.54, 1.807) is 0 Å². The number of fused-ring (bicyclic) bond motifs is 1. The van der Waals surface area contributed by atoms with Crippen LogP contribution >= 0.6 is 0 Å². The Morgan fingerprint density at radius 2 is 2.11 bits per heavy atom. The SMILES string of the molecule is FC1(F)CCCC2CC21. The Morgan fingerprint density at radius 1 is 1.33 bits per heavy atom. The van der Waals surface area contributed by atoms with E-state index >= 15 is 0 Å². The second-order valence-electron chi connectivity index (χ2n) is 3.26. The van der Waals surface area contributed by atoms with E-state index in [0.29, 0.717) is 5.92 Å². The Labute approximate surface area is 53.2 Å². The summed E-state index contributed by atoms with van der Waals surface area (Å²) in [5, 5.41) is 0. The van der Waals surface area contributed by atoms with Crippen LogP contribution < -0.4 is 0 Å². The molecular formula is C7H10F2. The Kier molecular flexibility index (Phi) is 0.920. The zero-order chi connectivity index (χ0) is 6.48. The fourth-order valence-corrected chi connectivity index (χ4v) is 1.87. The summed E-state index contributed by atoms with van der Waals surface area (Å²) in [4.78, 5) is 0. The number of alkyl halides is 2. The van der Waals surface area contributed by atoms with Gasteiger partial charge in [0.25, 0.3) is 5.92 Å². The first-order chi connectivity index (χ1) is 4.20. The van der Waals surface area contributed by atoms with E-state index in [0.717, 1.165) is 19.3 Å². The molecule has 0 amide bonds. The van der Waals surface area contributed by atoms with Crippen molar-refractivity contribution in [3.63, 3.8) is 0 Å². The maximum Gasteiger partial charge on any atom is 0.251 e. The molecule has 0 heterocycles. The number of halogens is 2. The topological polar surface area (TPSA) is 0 Å². The molecule has 2 aliphatic carbocycles. The van der Waals surface area contributed by atoms with Gasteiger partial charge in [0.2, 0.25) is 0 Å². The molecule has 9 heavy (non-hydrogen) atoms. The summed E-state index contributed by atoms with van der Waals surface area (Å²) in [6.45, 7) is 0. The molecule has 2 aliphatic rings. The lowest BCUT2D eigenvalue weighted by Gasteiger charge is -2.20. The summed E-state index contributed by atoms with van der Waals surface area (Å²) >= 11 is 0. The fourth-order valence-electron chi connectivity index (χ4n) is 1.87. The Hall–Kier alpha value is -0.140. The molecule has 52 valence electrons. The predicted octanol–water partition coefficient (Wildman–Crippen LogP) is 2.44. The molecular weight excluding hydrogens is 122 g/mol. The average Bonchev–Trinajstić information content (AvgIpc) is 2.43. The van der Waals surface area contributed by atoms with Crippen molar-refractivity contribution >= 4 is 0 Å². The van der Waals surface area contributed by atoms with Crippen LogP contribution in [-0.4, -0.2) is 5.92 Å². The van der Waals surface area contributed by atoms with Gasteiger partial charge in [-0.3, -0.25) is 0 Å². The highest BCUT2D eigenvalue weighted by Crippen LogP contribution is 2.57. The fraction of sp³-hybridized carbons (Fsp3) is 1.00. The largest absolute Gasteiger partial charge is 0.251 e. The van der Waals surface area contributed by atoms with Gasteiger partial charge in [-0.25, -0.2) is 8.78 Å². The third-order valence-electron chi connectivity index (χ3n) is 2.55. The van der Waals surface area contributed by atoms with Crippen LogP contribution in [0.1, 0.15) is 25.7 Å². The Bertz CT molecular complexity index is 131. The minimum Gasteiger partial charge on any atom is -0.207 e. The van der Waals surface area contributed by atoms with Crippen molar-refractivity contribution < 1.29 is 8.78 Å². The lowest BCUT2D eigenvalue weighted by atomic mass is 9.97. The quantitative estimate of drug-likeness (QED) is 0.475. The number of rotatable bonds is 0. The summed E-state index contributed by atoms with van der Waals surface area (Å²) in [5.41, 5.74) is 0. The van der Waals surface area contributed by atoms with Crippen molar-refractivity contribution in [3.8, 4) is 0 Å². The monoisotopic (exact) mass is 132 g/mol. The molecule has 2 saturated carbocycles. The highest BCUT2D eigenvalue weighted by molar-refractivity contribution is 4.99. The standard InChI is InChI=1S/C7H10F2/c8-7(9)3-1-2-5-4-6(5)7/h5-6H,1-4H2. The van der Waals surface area contributed by atoms with Crippen LogP contribution in [0.3, 0.4) is 0 Å². The molecule has 0 N–H and O–H groups in total. The highest BCUT2D eigenvalue weighted by atomic mass is 19.3. The first-order valence-corrected chi connectivity index (χ1v) is 3.58. The predicted molar refractivity (Wildman–Crippen MR) is 30.4 cm³/mol. The molecule has 2 heteroatoms. The second kappa shape index (κ2) is 1.47. The van der Waals surface area contributed by atoms with Gasteiger partial charge in [0.05, 0.1) is 0 Å². The van der Waals surface area contributed by atoms with Crippen molar-refractivity contribution in [3.05, 3.63) is 0 Å². The minimum atomic E-state index is -2.29. The van der Waals surface area contributed by atoms with E-state index < -0.39 is 5.92 Å². The smallest absolute Gasteiger partial charge is 0.207 e. The normalized spacial score (nSPS) is 46.0. The van der Waals surface area contributed by atoms with Crippen LogP contribution in [0, 0.1) is 11.8 Å². The summed E-state index contributed by atoms with van der Waals surface area (Å²) in [6, 6.07) is 0. The van der Waals surface area contributed by atoms with Gasteiger partial charge < -0.3 is 0 Å². The maximum absolute atomic E-state index is 12.6. The van der Waals surface area contributed by atoms with Gasteiger partial charge >= 0.3 is 0 Å². The van der Waals surface area contributed by atoms with E-state index in [4.69, 9.17) is 0 Å². The summed E-state index contributed by atoms with van der Waals surface area (Å²) < 4.78 is 25.3. The van der Waals surface area contributed by atoms with Gasteiger partial charge in [-0.15, -0.1) is 0 Å². The first kappa shape index (κ1) is 5.63. The molecule has 0 aliphatic heterocycles. The molecule has 0 saturated heterocycles. The highest BCUT2D eigenvalue weighted by Gasteiger charge is 2.56. The zero-order valence-corrected chi connectivity index (χ0v) is 5.24. The van der Waals surface area contributed by atoms with Gasteiger partial charge in [-0.05, 0) is 25.2 Å². The maximum atomic E-state index is 12.6. The Morgan fingerprint density at radius 3 is 2.67 bits per heavy atom. The second-order valence-corrected chi connectivity index (χ2v) is 3.26. The summed E-state index contributed by atoms with van der Waals surface area (Å²) in [6.07, 6.45) is 2.75. The molecule has 0 nitrogen and oxygen atoms in total. The van der Waals surface area contributed by atoms with Crippen LogP contribution in [0.25, 0.3) is 0 Å². The van der Waals surface area contributed by atoms with E-state index in [2.05, 4.69) is 0 Å². The van der Waals surface area contributed by atoms with Crippen LogP contribution in [0.15, 0.2) is 0 Å². The van der Waals surface area contributed by atoms with Crippen LogP contribution in [0.2, 0.25) is 0 Å². The molecule has 0 aromatic carbocycles. The molecule has 0 aromatic rings. The third kappa shape index (κ3) is 0.759. The van der Waals surface area contributed by atoms with Crippen LogP contribution in [0.5, 0.6) is 0 Å².